The van der Waals surface area contributed by atoms with Crippen molar-refractivity contribution in [3.8, 4) is 0 Å². The van der Waals surface area contributed by atoms with Crippen LogP contribution in [0, 0.1) is 5.92 Å². The van der Waals surface area contributed by atoms with Crippen molar-refractivity contribution in [1.82, 2.24) is 10.2 Å². The molecule has 1 unspecified atom stereocenters. The average molecular weight is 256 g/mol. The third-order valence-electron chi connectivity index (χ3n) is 3.53. The second-order valence-corrected chi connectivity index (χ2v) is 5.97. The fraction of sp³-hybridized carbons (Fsp3) is 1.00. The molecule has 0 saturated carbocycles. The van der Waals surface area contributed by atoms with Crippen LogP contribution in [0.15, 0.2) is 0 Å². The van der Waals surface area contributed by atoms with Crippen molar-refractivity contribution in [2.75, 3.05) is 39.3 Å². The molecular formula is C15H32N2O. The zero-order valence-electron chi connectivity index (χ0n) is 12.6. The molecule has 1 aliphatic heterocycles. The van der Waals surface area contributed by atoms with Crippen LogP contribution in [-0.2, 0) is 4.74 Å². The highest BCUT2D eigenvalue weighted by Crippen LogP contribution is 2.07. The van der Waals surface area contributed by atoms with Gasteiger partial charge in [0.05, 0.1) is 12.7 Å². The Bertz CT molecular complexity index is 191. The van der Waals surface area contributed by atoms with E-state index in [1.54, 1.807) is 0 Å². The standard InChI is InChI=1S/C15H32N2O/c1-14(2)13-16-8-6-7-15(3)18-12-11-17-9-4-5-10-17/h14-16H,4-13H2,1-3H3. The van der Waals surface area contributed by atoms with Crippen LogP contribution in [0.25, 0.3) is 0 Å². The molecule has 0 aromatic heterocycles. The van der Waals surface area contributed by atoms with Gasteiger partial charge in [0, 0.05) is 6.54 Å². The van der Waals surface area contributed by atoms with Gasteiger partial charge in [-0.2, -0.15) is 0 Å². The van der Waals surface area contributed by atoms with E-state index in [9.17, 15) is 0 Å². The first-order valence-corrected chi connectivity index (χ1v) is 7.73. The molecule has 0 spiro atoms. The maximum absolute atomic E-state index is 5.86. The predicted molar refractivity (Wildman–Crippen MR) is 78.0 cm³/mol. The van der Waals surface area contributed by atoms with Crippen LogP contribution < -0.4 is 5.32 Å². The Labute approximate surface area is 113 Å². The molecule has 0 aliphatic carbocycles. The first kappa shape index (κ1) is 15.9. The van der Waals surface area contributed by atoms with E-state index in [4.69, 9.17) is 4.74 Å². The second kappa shape index (κ2) is 9.76. The SMILES string of the molecule is CC(C)CNCCCC(C)OCCN1CCCC1. The van der Waals surface area contributed by atoms with Crippen molar-refractivity contribution >= 4 is 0 Å². The van der Waals surface area contributed by atoms with E-state index < -0.39 is 0 Å². The number of nitrogens with one attached hydrogen (secondary N) is 1. The van der Waals surface area contributed by atoms with Crippen LogP contribution in [0.5, 0.6) is 0 Å². The molecule has 1 rings (SSSR count). The molecule has 0 bridgehead atoms. The van der Waals surface area contributed by atoms with Gasteiger partial charge in [-0.05, 0) is 64.7 Å². The highest BCUT2D eigenvalue weighted by atomic mass is 16.5. The number of rotatable bonds is 10. The van der Waals surface area contributed by atoms with Gasteiger partial charge in [-0.15, -0.1) is 0 Å². The number of hydrogen-bond donors (Lipinski definition) is 1. The van der Waals surface area contributed by atoms with E-state index in [-0.39, 0.29) is 0 Å². The molecule has 1 aliphatic rings. The first-order valence-electron chi connectivity index (χ1n) is 7.73. The molecule has 3 nitrogen and oxygen atoms in total. The summed E-state index contributed by atoms with van der Waals surface area (Å²) in [4.78, 5) is 2.51. The maximum Gasteiger partial charge on any atom is 0.0597 e. The van der Waals surface area contributed by atoms with Crippen molar-refractivity contribution in [3.63, 3.8) is 0 Å². The van der Waals surface area contributed by atoms with Gasteiger partial charge in [-0.3, -0.25) is 0 Å². The van der Waals surface area contributed by atoms with Crippen molar-refractivity contribution < 1.29 is 4.74 Å². The third kappa shape index (κ3) is 8.06. The highest BCUT2D eigenvalue weighted by molar-refractivity contribution is 4.65. The van der Waals surface area contributed by atoms with Gasteiger partial charge < -0.3 is 15.0 Å². The molecule has 108 valence electrons. The van der Waals surface area contributed by atoms with E-state index in [1.165, 1.54) is 38.8 Å². The maximum atomic E-state index is 5.86. The van der Waals surface area contributed by atoms with E-state index in [0.717, 1.165) is 32.2 Å². The molecule has 1 saturated heterocycles. The van der Waals surface area contributed by atoms with Crippen LogP contribution in [0.4, 0.5) is 0 Å². The van der Waals surface area contributed by atoms with E-state index >= 15 is 0 Å². The topological polar surface area (TPSA) is 24.5 Å². The molecule has 1 atom stereocenters. The quantitative estimate of drug-likeness (QED) is 0.608. The van der Waals surface area contributed by atoms with E-state index in [1.807, 2.05) is 0 Å². The lowest BCUT2D eigenvalue weighted by Gasteiger charge is -2.17. The Morgan fingerprint density at radius 2 is 1.89 bits per heavy atom. The lowest BCUT2D eigenvalue weighted by atomic mass is 10.2. The summed E-state index contributed by atoms with van der Waals surface area (Å²) in [5, 5.41) is 3.48. The largest absolute Gasteiger partial charge is 0.377 e. The smallest absolute Gasteiger partial charge is 0.0597 e. The minimum absolute atomic E-state index is 0.411. The molecule has 1 fully saturated rings. The molecule has 0 amide bonds. The molecular weight excluding hydrogens is 224 g/mol. The van der Waals surface area contributed by atoms with Gasteiger partial charge in [-0.1, -0.05) is 13.8 Å². The van der Waals surface area contributed by atoms with Gasteiger partial charge in [0.1, 0.15) is 0 Å². The Hall–Kier alpha value is -0.120. The molecule has 0 aromatic rings. The molecule has 1 N–H and O–H groups in total. The summed E-state index contributed by atoms with van der Waals surface area (Å²) in [5.74, 6) is 0.749. The van der Waals surface area contributed by atoms with Crippen LogP contribution in [0.2, 0.25) is 0 Å². The van der Waals surface area contributed by atoms with Gasteiger partial charge >= 0.3 is 0 Å². The van der Waals surface area contributed by atoms with E-state index in [0.29, 0.717) is 6.10 Å². The first-order chi connectivity index (χ1) is 8.68. The molecule has 0 aromatic carbocycles. The fourth-order valence-corrected chi connectivity index (χ4v) is 2.38. The normalized spacial score (nSPS) is 18.7. The third-order valence-corrected chi connectivity index (χ3v) is 3.53. The summed E-state index contributed by atoms with van der Waals surface area (Å²) in [5.41, 5.74) is 0. The van der Waals surface area contributed by atoms with Gasteiger partial charge in [0.25, 0.3) is 0 Å². The molecule has 18 heavy (non-hydrogen) atoms. The van der Waals surface area contributed by atoms with Crippen molar-refractivity contribution in [2.24, 2.45) is 5.92 Å². The summed E-state index contributed by atoms with van der Waals surface area (Å²) in [7, 11) is 0. The summed E-state index contributed by atoms with van der Waals surface area (Å²) in [6.07, 6.45) is 5.55. The summed E-state index contributed by atoms with van der Waals surface area (Å²) < 4.78 is 5.86. The number of ether oxygens (including phenoxy) is 1. The summed E-state index contributed by atoms with van der Waals surface area (Å²) in [6, 6.07) is 0. The summed E-state index contributed by atoms with van der Waals surface area (Å²) >= 11 is 0. The lowest BCUT2D eigenvalue weighted by Crippen LogP contribution is -2.26. The number of nitrogens with zero attached hydrogens (tertiary/aromatic N) is 1. The Morgan fingerprint density at radius 1 is 1.17 bits per heavy atom. The Balaban J connectivity index is 1.85. The van der Waals surface area contributed by atoms with Crippen LogP contribution in [-0.4, -0.2) is 50.3 Å². The zero-order chi connectivity index (χ0) is 13.2. The fourth-order valence-electron chi connectivity index (χ4n) is 2.38. The minimum atomic E-state index is 0.411. The summed E-state index contributed by atoms with van der Waals surface area (Å²) in [6.45, 7) is 13.5. The van der Waals surface area contributed by atoms with Crippen molar-refractivity contribution in [1.29, 1.82) is 0 Å². The zero-order valence-corrected chi connectivity index (χ0v) is 12.6. The van der Waals surface area contributed by atoms with Crippen LogP contribution in [0.1, 0.15) is 46.5 Å². The monoisotopic (exact) mass is 256 g/mol. The highest BCUT2D eigenvalue weighted by Gasteiger charge is 2.11. The molecule has 1 heterocycles. The lowest BCUT2D eigenvalue weighted by molar-refractivity contribution is 0.0461. The predicted octanol–water partition coefficient (Wildman–Crippen LogP) is 2.51. The van der Waals surface area contributed by atoms with Gasteiger partial charge in [0.2, 0.25) is 0 Å². The Morgan fingerprint density at radius 3 is 2.56 bits per heavy atom. The van der Waals surface area contributed by atoms with Crippen LogP contribution >= 0.6 is 0 Å². The Kier molecular flexibility index (Phi) is 8.64. The second-order valence-electron chi connectivity index (χ2n) is 5.97. The van der Waals surface area contributed by atoms with Crippen LogP contribution in [0.3, 0.4) is 0 Å². The van der Waals surface area contributed by atoms with Gasteiger partial charge in [0.15, 0.2) is 0 Å². The molecule has 3 heteroatoms. The van der Waals surface area contributed by atoms with Crippen molar-refractivity contribution in [3.05, 3.63) is 0 Å². The number of hydrogen-bond acceptors (Lipinski definition) is 3. The average Bonchev–Trinajstić information content (AvgIpc) is 2.81. The van der Waals surface area contributed by atoms with Gasteiger partial charge in [-0.25, -0.2) is 0 Å². The minimum Gasteiger partial charge on any atom is -0.377 e. The van der Waals surface area contributed by atoms with Crippen molar-refractivity contribution in [2.45, 2.75) is 52.6 Å². The number of likely N-dealkylation sites (tertiary alicyclic amines) is 1. The molecule has 0 radical (unpaired) electrons. The van der Waals surface area contributed by atoms with E-state index in [2.05, 4.69) is 31.0 Å².